The second-order valence-electron chi connectivity index (χ2n) is 5.83. The van der Waals surface area contributed by atoms with E-state index in [0.29, 0.717) is 30.5 Å². The lowest BCUT2D eigenvalue weighted by Gasteiger charge is -2.05. The van der Waals surface area contributed by atoms with E-state index in [2.05, 4.69) is 15.5 Å². The summed E-state index contributed by atoms with van der Waals surface area (Å²) in [5, 5.41) is 10.9. The molecule has 0 aliphatic carbocycles. The molecule has 0 saturated carbocycles. The molecule has 0 atom stereocenters. The Kier molecular flexibility index (Phi) is 4.51. The van der Waals surface area contributed by atoms with Crippen LogP contribution in [-0.4, -0.2) is 22.9 Å². The first-order valence-electron chi connectivity index (χ1n) is 8.31. The highest BCUT2D eigenvalue weighted by molar-refractivity contribution is 5.76. The molecule has 2 heterocycles. The van der Waals surface area contributed by atoms with Gasteiger partial charge in [-0.25, -0.2) is 0 Å². The van der Waals surface area contributed by atoms with E-state index in [1.54, 1.807) is 0 Å². The largest absolute Gasteiger partial charge is 0.454 e. The van der Waals surface area contributed by atoms with Crippen molar-refractivity contribution in [3.05, 3.63) is 60.0 Å². The highest BCUT2D eigenvalue weighted by Crippen LogP contribution is 2.32. The van der Waals surface area contributed by atoms with Crippen LogP contribution in [0.3, 0.4) is 0 Å². The van der Waals surface area contributed by atoms with Gasteiger partial charge in [0.25, 0.3) is 0 Å². The van der Waals surface area contributed by atoms with Gasteiger partial charge >= 0.3 is 0 Å². The first kappa shape index (κ1) is 16.1. The molecule has 0 fully saturated rings. The third kappa shape index (κ3) is 3.66. The van der Waals surface area contributed by atoms with Crippen molar-refractivity contribution in [1.82, 2.24) is 15.5 Å². The van der Waals surface area contributed by atoms with E-state index in [0.717, 1.165) is 16.9 Å². The average molecular weight is 351 g/mol. The summed E-state index contributed by atoms with van der Waals surface area (Å²) in [5.41, 5.74) is 1.81. The Morgan fingerprint density at radius 3 is 2.77 bits per heavy atom. The number of nitrogens with zero attached hydrogens (tertiary/aromatic N) is 2. The molecule has 7 nitrogen and oxygen atoms in total. The summed E-state index contributed by atoms with van der Waals surface area (Å²) >= 11 is 0. The van der Waals surface area contributed by atoms with Crippen molar-refractivity contribution >= 4 is 5.91 Å². The Morgan fingerprint density at radius 2 is 1.88 bits per heavy atom. The lowest BCUT2D eigenvalue weighted by atomic mass is 10.2. The number of aryl methyl sites for hydroxylation is 1. The number of ether oxygens (including phenoxy) is 2. The van der Waals surface area contributed by atoms with Gasteiger partial charge in [0.1, 0.15) is 0 Å². The van der Waals surface area contributed by atoms with Crippen molar-refractivity contribution < 1.29 is 18.7 Å². The highest BCUT2D eigenvalue weighted by atomic mass is 16.7. The zero-order valence-corrected chi connectivity index (χ0v) is 14.0. The molecule has 0 bridgehead atoms. The molecule has 1 aromatic heterocycles. The minimum atomic E-state index is -0.0814. The van der Waals surface area contributed by atoms with E-state index >= 15 is 0 Å². The van der Waals surface area contributed by atoms with Crippen LogP contribution >= 0.6 is 0 Å². The number of hydrogen-bond donors (Lipinski definition) is 1. The molecule has 3 aromatic rings. The summed E-state index contributed by atoms with van der Waals surface area (Å²) in [6, 6.07) is 15.1. The minimum Gasteiger partial charge on any atom is -0.454 e. The maximum Gasteiger partial charge on any atom is 0.247 e. The fraction of sp³-hybridized carbons (Fsp3) is 0.211. The van der Waals surface area contributed by atoms with Crippen molar-refractivity contribution in [2.24, 2.45) is 0 Å². The normalized spacial score (nSPS) is 12.2. The second-order valence-corrected chi connectivity index (χ2v) is 5.83. The first-order chi connectivity index (χ1) is 12.8. The molecule has 7 heteroatoms. The lowest BCUT2D eigenvalue weighted by Crippen LogP contribution is -2.23. The van der Waals surface area contributed by atoms with Gasteiger partial charge in [0.2, 0.25) is 24.5 Å². The molecule has 0 saturated heterocycles. The third-order valence-corrected chi connectivity index (χ3v) is 3.98. The van der Waals surface area contributed by atoms with Gasteiger partial charge in [0.15, 0.2) is 11.5 Å². The highest BCUT2D eigenvalue weighted by Gasteiger charge is 2.14. The van der Waals surface area contributed by atoms with Crippen LogP contribution in [0.15, 0.2) is 52.9 Å². The molecule has 0 unspecified atom stereocenters. The summed E-state index contributed by atoms with van der Waals surface area (Å²) in [6.07, 6.45) is 0.674. The third-order valence-electron chi connectivity index (χ3n) is 3.98. The van der Waals surface area contributed by atoms with Crippen LogP contribution in [0.2, 0.25) is 0 Å². The molecule has 2 aromatic carbocycles. The molecule has 26 heavy (non-hydrogen) atoms. The number of amides is 1. The number of carbonyl (C=O) groups excluding carboxylic acids is 1. The maximum absolute atomic E-state index is 12.0. The van der Waals surface area contributed by atoms with E-state index < -0.39 is 0 Å². The topological polar surface area (TPSA) is 86.5 Å². The van der Waals surface area contributed by atoms with Crippen molar-refractivity contribution in [3.8, 4) is 23.0 Å². The Balaban J connectivity index is 1.27. The molecule has 0 spiro atoms. The summed E-state index contributed by atoms with van der Waals surface area (Å²) in [7, 11) is 0. The molecule has 1 N–H and O–H groups in total. The summed E-state index contributed by atoms with van der Waals surface area (Å²) in [4.78, 5) is 12.0. The number of nitrogens with one attached hydrogen (secondary N) is 1. The van der Waals surface area contributed by atoms with Crippen LogP contribution < -0.4 is 14.8 Å². The SMILES string of the molecule is O=C(CCc1nnc(-c2ccccc2)o1)NCc1ccc2c(c1)OCO2. The van der Waals surface area contributed by atoms with Gasteiger partial charge in [0.05, 0.1) is 0 Å². The van der Waals surface area contributed by atoms with E-state index in [4.69, 9.17) is 13.9 Å². The van der Waals surface area contributed by atoms with Gasteiger partial charge in [-0.2, -0.15) is 0 Å². The Morgan fingerprint density at radius 1 is 1.04 bits per heavy atom. The van der Waals surface area contributed by atoms with Gasteiger partial charge in [-0.05, 0) is 29.8 Å². The molecule has 132 valence electrons. The van der Waals surface area contributed by atoms with E-state index in [1.165, 1.54) is 0 Å². The van der Waals surface area contributed by atoms with E-state index in [9.17, 15) is 4.79 Å². The molecule has 4 rings (SSSR count). The number of rotatable bonds is 6. The fourth-order valence-electron chi connectivity index (χ4n) is 2.61. The standard InChI is InChI=1S/C19H17N3O4/c23-17(20-11-13-6-7-15-16(10-13)25-12-24-15)8-9-18-21-22-19(26-18)14-4-2-1-3-5-14/h1-7,10H,8-9,11-12H2,(H,20,23). The predicted octanol–water partition coefficient (Wildman–Crippen LogP) is 2.71. The Hall–Kier alpha value is -3.35. The number of benzene rings is 2. The van der Waals surface area contributed by atoms with Crippen LogP contribution in [0, 0.1) is 0 Å². The molecular weight excluding hydrogens is 334 g/mol. The number of hydrogen-bond acceptors (Lipinski definition) is 6. The van der Waals surface area contributed by atoms with E-state index in [1.807, 2.05) is 48.5 Å². The van der Waals surface area contributed by atoms with Gasteiger partial charge < -0.3 is 19.2 Å². The minimum absolute atomic E-state index is 0.0814. The molecule has 1 aliphatic rings. The smallest absolute Gasteiger partial charge is 0.247 e. The summed E-state index contributed by atoms with van der Waals surface area (Å²) < 4.78 is 16.2. The zero-order valence-electron chi connectivity index (χ0n) is 14.0. The van der Waals surface area contributed by atoms with Crippen LogP contribution in [0.25, 0.3) is 11.5 Å². The van der Waals surface area contributed by atoms with Gasteiger partial charge in [-0.1, -0.05) is 24.3 Å². The fourth-order valence-corrected chi connectivity index (χ4v) is 2.61. The van der Waals surface area contributed by atoms with Crippen LogP contribution in [-0.2, 0) is 17.8 Å². The van der Waals surface area contributed by atoms with Crippen molar-refractivity contribution in [3.63, 3.8) is 0 Å². The second kappa shape index (κ2) is 7.26. The zero-order chi connectivity index (χ0) is 17.8. The molecule has 1 aliphatic heterocycles. The number of carbonyl (C=O) groups is 1. The molecular formula is C19H17N3O4. The van der Waals surface area contributed by atoms with Crippen LogP contribution in [0.1, 0.15) is 17.9 Å². The predicted molar refractivity (Wildman–Crippen MR) is 92.5 cm³/mol. The summed E-state index contributed by atoms with van der Waals surface area (Å²) in [6.45, 7) is 0.662. The van der Waals surface area contributed by atoms with Gasteiger partial charge in [0, 0.05) is 24.9 Å². The Bertz CT molecular complexity index is 908. The first-order valence-corrected chi connectivity index (χ1v) is 8.31. The number of aromatic nitrogens is 2. The van der Waals surface area contributed by atoms with Gasteiger partial charge in [-0.3, -0.25) is 4.79 Å². The van der Waals surface area contributed by atoms with Crippen molar-refractivity contribution in [1.29, 1.82) is 0 Å². The molecule has 0 radical (unpaired) electrons. The van der Waals surface area contributed by atoms with Crippen LogP contribution in [0.5, 0.6) is 11.5 Å². The number of fused-ring (bicyclic) bond motifs is 1. The average Bonchev–Trinajstić information content (AvgIpc) is 3.34. The lowest BCUT2D eigenvalue weighted by molar-refractivity contribution is -0.121. The maximum atomic E-state index is 12.0. The van der Waals surface area contributed by atoms with Gasteiger partial charge in [-0.15, -0.1) is 10.2 Å². The van der Waals surface area contributed by atoms with E-state index in [-0.39, 0.29) is 19.1 Å². The van der Waals surface area contributed by atoms with Crippen molar-refractivity contribution in [2.75, 3.05) is 6.79 Å². The Labute approximate surface area is 150 Å². The summed E-state index contributed by atoms with van der Waals surface area (Å²) in [5.74, 6) is 2.26. The molecule has 1 amide bonds. The quantitative estimate of drug-likeness (QED) is 0.735. The monoisotopic (exact) mass is 351 g/mol. The van der Waals surface area contributed by atoms with Crippen LogP contribution in [0.4, 0.5) is 0 Å². The van der Waals surface area contributed by atoms with Crippen molar-refractivity contribution in [2.45, 2.75) is 19.4 Å².